The molecule has 1 heterocycles. The van der Waals surface area contributed by atoms with Crippen molar-refractivity contribution < 1.29 is 0 Å². The highest BCUT2D eigenvalue weighted by molar-refractivity contribution is 5.16. The van der Waals surface area contributed by atoms with Gasteiger partial charge in [0.25, 0.3) is 0 Å². The van der Waals surface area contributed by atoms with Crippen molar-refractivity contribution in [3.8, 4) is 6.07 Å². The number of rotatable bonds is 0. The molecule has 1 rings (SSSR count). The molecular formula is C4H4N3. The average Bonchev–Trinajstić information content (AvgIpc) is 2.14. The van der Waals surface area contributed by atoms with Crippen molar-refractivity contribution in [2.45, 2.75) is 0 Å². The first kappa shape index (κ1) is 4.16. The molecular weight excluding hydrogens is 90.1 g/mol. The maximum Gasteiger partial charge on any atom is 0.132 e. The number of allylic oxidation sites excluding steroid dienone is 1. The Morgan fingerprint density at radius 2 is 2.71 bits per heavy atom. The van der Waals surface area contributed by atoms with Crippen LogP contribution in [-0.4, -0.2) is 6.54 Å². The van der Waals surface area contributed by atoms with Gasteiger partial charge in [0.2, 0.25) is 0 Å². The first-order valence-electron chi connectivity index (χ1n) is 1.93. The number of nitriles is 1. The van der Waals surface area contributed by atoms with E-state index in [0.29, 0.717) is 12.2 Å². The number of hydrazine groups is 1. The molecule has 2 N–H and O–H groups in total. The monoisotopic (exact) mass is 94.0 g/mol. The molecule has 0 saturated carbocycles. The molecule has 0 aromatic rings. The number of hydrogen-bond acceptors (Lipinski definition) is 3. The Morgan fingerprint density at radius 1 is 1.86 bits per heavy atom. The van der Waals surface area contributed by atoms with Crippen LogP contribution in [0.1, 0.15) is 0 Å². The van der Waals surface area contributed by atoms with Gasteiger partial charge in [-0.05, 0) is 0 Å². The van der Waals surface area contributed by atoms with E-state index in [9.17, 15) is 0 Å². The van der Waals surface area contributed by atoms with Crippen LogP contribution in [0.2, 0.25) is 0 Å². The van der Waals surface area contributed by atoms with E-state index in [4.69, 9.17) is 5.26 Å². The van der Waals surface area contributed by atoms with Crippen LogP contribution in [0.4, 0.5) is 0 Å². The van der Waals surface area contributed by atoms with Gasteiger partial charge in [0.05, 0.1) is 0 Å². The van der Waals surface area contributed by atoms with Gasteiger partial charge in [-0.1, -0.05) is 0 Å². The fourth-order valence-electron chi connectivity index (χ4n) is 0.377. The van der Waals surface area contributed by atoms with Crippen molar-refractivity contribution in [2.75, 3.05) is 6.54 Å². The molecule has 0 fully saturated rings. The van der Waals surface area contributed by atoms with Crippen LogP contribution in [0.3, 0.4) is 0 Å². The molecule has 1 aliphatic rings. The summed E-state index contributed by atoms with van der Waals surface area (Å²) in [5.41, 5.74) is 5.79. The third kappa shape index (κ3) is 0.699. The van der Waals surface area contributed by atoms with Crippen LogP contribution in [0.25, 0.3) is 0 Å². The highest BCUT2D eigenvalue weighted by atomic mass is 15.4. The summed E-state index contributed by atoms with van der Waals surface area (Å²) < 4.78 is 0. The van der Waals surface area contributed by atoms with Gasteiger partial charge in [-0.15, -0.1) is 0 Å². The van der Waals surface area contributed by atoms with E-state index in [1.165, 1.54) is 0 Å². The van der Waals surface area contributed by atoms with Crippen LogP contribution in [0, 0.1) is 17.4 Å². The summed E-state index contributed by atoms with van der Waals surface area (Å²) in [5.74, 6) is 0. The van der Waals surface area contributed by atoms with E-state index in [1.54, 1.807) is 0 Å². The Balaban J connectivity index is 2.57. The summed E-state index contributed by atoms with van der Waals surface area (Å²) in [6.07, 6.45) is 2.74. The lowest BCUT2D eigenvalue weighted by atomic mass is 10.5. The van der Waals surface area contributed by atoms with Gasteiger partial charge in [-0.2, -0.15) is 5.26 Å². The van der Waals surface area contributed by atoms with E-state index >= 15 is 0 Å². The van der Waals surface area contributed by atoms with Crippen molar-refractivity contribution >= 4 is 0 Å². The van der Waals surface area contributed by atoms with Crippen molar-refractivity contribution in [1.29, 1.82) is 5.26 Å². The lowest BCUT2D eigenvalue weighted by Crippen LogP contribution is -2.22. The van der Waals surface area contributed by atoms with Gasteiger partial charge in [-0.25, -0.2) is 5.43 Å². The quantitative estimate of drug-likeness (QED) is 0.417. The molecule has 3 heteroatoms. The Labute approximate surface area is 41.6 Å². The van der Waals surface area contributed by atoms with E-state index in [0.717, 1.165) is 0 Å². The lowest BCUT2D eigenvalue weighted by molar-refractivity contribution is 0.710. The average molecular weight is 94.1 g/mol. The molecule has 0 spiro atoms. The molecule has 1 aliphatic heterocycles. The topological polar surface area (TPSA) is 47.9 Å². The van der Waals surface area contributed by atoms with Gasteiger partial charge in [-0.3, -0.25) is 0 Å². The highest BCUT2D eigenvalue weighted by Crippen LogP contribution is 1.84. The zero-order valence-electron chi connectivity index (χ0n) is 3.65. The molecule has 1 radical (unpaired) electrons. The SMILES string of the molecule is N#CC1=[C]CNN1. The third-order valence-corrected chi connectivity index (χ3v) is 0.679. The van der Waals surface area contributed by atoms with E-state index in [2.05, 4.69) is 16.9 Å². The first-order chi connectivity index (χ1) is 3.43. The molecule has 35 valence electrons. The van der Waals surface area contributed by atoms with Crippen molar-refractivity contribution in [2.24, 2.45) is 0 Å². The standard InChI is InChI=1S/C4H4N3/c5-3-4-1-2-6-7-4/h6-7H,2H2. The minimum absolute atomic E-state index is 0.486. The van der Waals surface area contributed by atoms with Crippen LogP contribution >= 0.6 is 0 Å². The summed E-state index contributed by atoms with van der Waals surface area (Å²) in [7, 11) is 0. The van der Waals surface area contributed by atoms with E-state index in [-0.39, 0.29) is 0 Å². The van der Waals surface area contributed by atoms with Crippen LogP contribution in [0.5, 0.6) is 0 Å². The smallest absolute Gasteiger partial charge is 0.132 e. The second kappa shape index (κ2) is 1.63. The molecule has 0 aromatic carbocycles. The summed E-state index contributed by atoms with van der Waals surface area (Å²) in [5, 5.41) is 8.11. The summed E-state index contributed by atoms with van der Waals surface area (Å²) in [6, 6.07) is 1.90. The number of nitrogens with zero attached hydrogens (tertiary/aromatic N) is 1. The molecule has 0 aromatic heterocycles. The minimum atomic E-state index is 0.486. The zero-order chi connectivity index (χ0) is 5.11. The molecule has 0 bridgehead atoms. The van der Waals surface area contributed by atoms with Gasteiger partial charge < -0.3 is 5.43 Å². The van der Waals surface area contributed by atoms with E-state index in [1.807, 2.05) is 6.07 Å². The Hall–Kier alpha value is -1.01. The largest absolute Gasteiger partial charge is 0.312 e. The molecule has 0 aliphatic carbocycles. The van der Waals surface area contributed by atoms with Crippen LogP contribution in [-0.2, 0) is 0 Å². The maximum absolute atomic E-state index is 8.11. The first-order valence-corrected chi connectivity index (χ1v) is 1.93. The van der Waals surface area contributed by atoms with Crippen LogP contribution in [0.15, 0.2) is 5.70 Å². The molecule has 0 unspecified atom stereocenters. The van der Waals surface area contributed by atoms with Gasteiger partial charge in [0.1, 0.15) is 11.8 Å². The summed E-state index contributed by atoms with van der Waals surface area (Å²) in [4.78, 5) is 0. The molecule has 0 amide bonds. The minimum Gasteiger partial charge on any atom is -0.312 e. The molecule has 3 nitrogen and oxygen atoms in total. The van der Waals surface area contributed by atoms with E-state index < -0.39 is 0 Å². The molecule has 7 heavy (non-hydrogen) atoms. The normalized spacial score (nSPS) is 17.3. The third-order valence-electron chi connectivity index (χ3n) is 0.679. The number of hydrogen-bond donors (Lipinski definition) is 2. The maximum atomic E-state index is 8.11. The second-order valence-electron chi connectivity index (χ2n) is 1.14. The van der Waals surface area contributed by atoms with Gasteiger partial charge in [0.15, 0.2) is 0 Å². The van der Waals surface area contributed by atoms with Crippen molar-refractivity contribution in [1.82, 2.24) is 10.9 Å². The summed E-state index contributed by atoms with van der Waals surface area (Å²) >= 11 is 0. The zero-order valence-corrected chi connectivity index (χ0v) is 3.65. The molecule has 0 saturated heterocycles. The van der Waals surface area contributed by atoms with Crippen LogP contribution < -0.4 is 10.9 Å². The fraction of sp³-hybridized carbons (Fsp3) is 0.250. The highest BCUT2D eigenvalue weighted by Gasteiger charge is 1.97. The lowest BCUT2D eigenvalue weighted by Gasteiger charge is -1.88. The number of nitrogens with one attached hydrogen (secondary N) is 2. The van der Waals surface area contributed by atoms with Gasteiger partial charge >= 0.3 is 0 Å². The molecule has 0 atom stereocenters. The summed E-state index contributed by atoms with van der Waals surface area (Å²) in [6.45, 7) is 0.628. The Bertz CT molecular complexity index is 130. The van der Waals surface area contributed by atoms with Crippen molar-refractivity contribution in [3.05, 3.63) is 11.8 Å². The predicted octanol–water partition coefficient (Wildman–Crippen LogP) is -0.695. The van der Waals surface area contributed by atoms with Gasteiger partial charge in [0, 0.05) is 12.6 Å². The second-order valence-corrected chi connectivity index (χ2v) is 1.14. The van der Waals surface area contributed by atoms with Crippen molar-refractivity contribution in [3.63, 3.8) is 0 Å². The predicted molar refractivity (Wildman–Crippen MR) is 23.5 cm³/mol. The fourth-order valence-corrected chi connectivity index (χ4v) is 0.377. The Kier molecular flexibility index (Phi) is 0.966. The Morgan fingerprint density at radius 3 is 3.00 bits per heavy atom.